The molecule has 3 aromatic heterocycles. The number of anilines is 1. The molecule has 0 saturated carbocycles. The number of furan rings is 1. The molecule has 0 spiro atoms. The Balaban J connectivity index is 1.96. The Morgan fingerprint density at radius 1 is 1.25 bits per heavy atom. The Morgan fingerprint density at radius 3 is 2.80 bits per heavy atom. The predicted molar refractivity (Wildman–Crippen MR) is 75.6 cm³/mol. The molecule has 6 nitrogen and oxygen atoms in total. The third-order valence-electron chi connectivity index (χ3n) is 3.19. The van der Waals surface area contributed by atoms with Crippen molar-refractivity contribution in [2.45, 2.75) is 32.7 Å². The average molecular weight is 271 g/mol. The summed E-state index contributed by atoms with van der Waals surface area (Å²) in [7, 11) is 0. The molecule has 0 aromatic carbocycles. The van der Waals surface area contributed by atoms with E-state index in [0.29, 0.717) is 11.7 Å². The van der Waals surface area contributed by atoms with Crippen molar-refractivity contribution in [1.82, 2.24) is 19.6 Å². The molecule has 0 saturated heterocycles. The van der Waals surface area contributed by atoms with E-state index in [1.165, 1.54) is 0 Å². The number of aromatic nitrogens is 4. The van der Waals surface area contributed by atoms with Gasteiger partial charge in [0.15, 0.2) is 5.82 Å². The molecule has 104 valence electrons. The van der Waals surface area contributed by atoms with Gasteiger partial charge in [-0.2, -0.15) is 0 Å². The first-order valence-electron chi connectivity index (χ1n) is 6.66. The second kappa shape index (κ2) is 4.96. The zero-order valence-corrected chi connectivity index (χ0v) is 11.7. The van der Waals surface area contributed by atoms with Crippen molar-refractivity contribution in [3.05, 3.63) is 42.4 Å². The summed E-state index contributed by atoms with van der Waals surface area (Å²) in [5.41, 5.74) is 0.731. The van der Waals surface area contributed by atoms with Crippen molar-refractivity contribution in [2.75, 3.05) is 5.32 Å². The van der Waals surface area contributed by atoms with Gasteiger partial charge < -0.3 is 9.73 Å². The fraction of sp³-hybridized carbons (Fsp3) is 0.357. The first-order valence-corrected chi connectivity index (χ1v) is 6.66. The summed E-state index contributed by atoms with van der Waals surface area (Å²) in [6.07, 6.45) is 5.29. The van der Waals surface area contributed by atoms with Gasteiger partial charge in [-0.05, 0) is 19.1 Å². The molecular weight excluding hydrogens is 254 g/mol. The minimum atomic E-state index is 0.0166. The van der Waals surface area contributed by atoms with Crippen molar-refractivity contribution in [3.63, 3.8) is 0 Å². The molecule has 3 heterocycles. The van der Waals surface area contributed by atoms with Crippen LogP contribution in [0.4, 0.5) is 5.82 Å². The molecule has 1 atom stereocenters. The molecule has 0 unspecified atom stereocenters. The lowest BCUT2D eigenvalue weighted by molar-refractivity contribution is 0.490. The minimum absolute atomic E-state index is 0.0166. The van der Waals surface area contributed by atoms with Crippen LogP contribution in [0.25, 0.3) is 5.65 Å². The number of rotatable bonds is 4. The van der Waals surface area contributed by atoms with Crippen LogP contribution in [0.5, 0.6) is 0 Å². The minimum Gasteiger partial charge on any atom is -0.467 e. The lowest BCUT2D eigenvalue weighted by Gasteiger charge is -2.12. The van der Waals surface area contributed by atoms with E-state index in [2.05, 4.69) is 34.3 Å². The van der Waals surface area contributed by atoms with Crippen LogP contribution in [0, 0.1) is 0 Å². The van der Waals surface area contributed by atoms with Crippen LogP contribution in [0.1, 0.15) is 44.3 Å². The van der Waals surface area contributed by atoms with Gasteiger partial charge in [0.05, 0.1) is 12.3 Å². The standard InChI is InChI=1S/C14H17N5O/c1-9(2)13-17-18-14-12(15-6-7-19(13)14)16-10(3)11-5-4-8-20-11/h4-10H,1-3H3,(H,15,16)/t10-/m0/s1. The number of nitrogens with one attached hydrogen (secondary N) is 1. The zero-order valence-electron chi connectivity index (χ0n) is 11.7. The molecule has 3 aromatic rings. The van der Waals surface area contributed by atoms with Gasteiger partial charge in [0.25, 0.3) is 0 Å². The van der Waals surface area contributed by atoms with Gasteiger partial charge in [-0.25, -0.2) is 4.98 Å². The van der Waals surface area contributed by atoms with Crippen LogP contribution in [-0.4, -0.2) is 19.6 Å². The fourth-order valence-electron chi connectivity index (χ4n) is 2.15. The van der Waals surface area contributed by atoms with Crippen LogP contribution >= 0.6 is 0 Å². The van der Waals surface area contributed by atoms with Crippen LogP contribution in [0.15, 0.2) is 35.2 Å². The van der Waals surface area contributed by atoms with Crippen LogP contribution in [-0.2, 0) is 0 Å². The van der Waals surface area contributed by atoms with E-state index in [-0.39, 0.29) is 6.04 Å². The summed E-state index contributed by atoms with van der Waals surface area (Å²) in [6.45, 7) is 6.20. The van der Waals surface area contributed by atoms with Crippen molar-refractivity contribution in [1.29, 1.82) is 0 Å². The molecule has 0 amide bonds. The third kappa shape index (κ3) is 2.13. The largest absolute Gasteiger partial charge is 0.467 e. The maximum Gasteiger partial charge on any atom is 0.203 e. The Bertz CT molecular complexity index is 702. The highest BCUT2D eigenvalue weighted by Gasteiger charge is 2.15. The van der Waals surface area contributed by atoms with Gasteiger partial charge >= 0.3 is 0 Å². The highest BCUT2D eigenvalue weighted by Crippen LogP contribution is 2.22. The van der Waals surface area contributed by atoms with E-state index >= 15 is 0 Å². The molecular formula is C14H17N5O. The lowest BCUT2D eigenvalue weighted by Crippen LogP contribution is -2.09. The summed E-state index contributed by atoms with van der Waals surface area (Å²) < 4.78 is 7.36. The van der Waals surface area contributed by atoms with E-state index in [4.69, 9.17) is 4.42 Å². The topological polar surface area (TPSA) is 68.2 Å². The molecule has 0 bridgehead atoms. The quantitative estimate of drug-likeness (QED) is 0.790. The second-order valence-corrected chi connectivity index (χ2v) is 5.06. The fourth-order valence-corrected chi connectivity index (χ4v) is 2.15. The third-order valence-corrected chi connectivity index (χ3v) is 3.19. The van der Waals surface area contributed by atoms with Gasteiger partial charge in [-0.1, -0.05) is 13.8 Å². The van der Waals surface area contributed by atoms with Crippen molar-refractivity contribution >= 4 is 11.5 Å². The normalized spacial score (nSPS) is 13.0. The number of hydrogen-bond acceptors (Lipinski definition) is 5. The first kappa shape index (κ1) is 12.7. The maximum absolute atomic E-state index is 5.39. The molecule has 0 fully saturated rings. The molecule has 0 radical (unpaired) electrons. The summed E-state index contributed by atoms with van der Waals surface area (Å²) in [5.74, 6) is 2.80. The highest BCUT2D eigenvalue weighted by molar-refractivity contribution is 5.62. The number of hydrogen-bond donors (Lipinski definition) is 1. The van der Waals surface area contributed by atoms with Crippen LogP contribution in [0.3, 0.4) is 0 Å². The number of nitrogens with zero attached hydrogens (tertiary/aromatic N) is 4. The van der Waals surface area contributed by atoms with E-state index in [1.807, 2.05) is 29.7 Å². The Morgan fingerprint density at radius 2 is 2.10 bits per heavy atom. The SMILES string of the molecule is CC(C)c1nnc2c(N[C@@H](C)c3ccco3)nccn12. The molecule has 20 heavy (non-hydrogen) atoms. The maximum atomic E-state index is 5.39. The Labute approximate surface area is 116 Å². The van der Waals surface area contributed by atoms with Gasteiger partial charge in [0, 0.05) is 18.3 Å². The second-order valence-electron chi connectivity index (χ2n) is 5.06. The van der Waals surface area contributed by atoms with E-state index < -0.39 is 0 Å². The zero-order chi connectivity index (χ0) is 14.1. The summed E-state index contributed by atoms with van der Waals surface area (Å²) in [6, 6.07) is 3.82. The van der Waals surface area contributed by atoms with Gasteiger partial charge in [-0.15, -0.1) is 10.2 Å². The van der Waals surface area contributed by atoms with Gasteiger partial charge in [0.2, 0.25) is 5.65 Å². The monoisotopic (exact) mass is 271 g/mol. The lowest BCUT2D eigenvalue weighted by atomic mass is 10.2. The van der Waals surface area contributed by atoms with Crippen molar-refractivity contribution in [3.8, 4) is 0 Å². The molecule has 3 rings (SSSR count). The van der Waals surface area contributed by atoms with Gasteiger partial charge in [0.1, 0.15) is 11.6 Å². The first-order chi connectivity index (χ1) is 9.66. The van der Waals surface area contributed by atoms with Crippen LogP contribution in [0.2, 0.25) is 0 Å². The van der Waals surface area contributed by atoms with Crippen molar-refractivity contribution < 1.29 is 4.42 Å². The van der Waals surface area contributed by atoms with E-state index in [0.717, 1.165) is 17.2 Å². The molecule has 0 aliphatic carbocycles. The Hall–Kier alpha value is -2.37. The van der Waals surface area contributed by atoms with Crippen molar-refractivity contribution in [2.24, 2.45) is 0 Å². The predicted octanol–water partition coefficient (Wildman–Crippen LogP) is 3.01. The molecule has 0 aliphatic rings. The molecule has 0 aliphatic heterocycles. The van der Waals surface area contributed by atoms with Gasteiger partial charge in [-0.3, -0.25) is 4.40 Å². The average Bonchev–Trinajstić information content (AvgIpc) is 3.08. The summed E-state index contributed by atoms with van der Waals surface area (Å²) >= 11 is 0. The summed E-state index contributed by atoms with van der Waals surface area (Å²) in [4.78, 5) is 4.35. The highest BCUT2D eigenvalue weighted by atomic mass is 16.3. The van der Waals surface area contributed by atoms with E-state index in [9.17, 15) is 0 Å². The van der Waals surface area contributed by atoms with Crippen LogP contribution < -0.4 is 5.32 Å². The van der Waals surface area contributed by atoms with E-state index in [1.54, 1.807) is 12.5 Å². The molecule has 6 heteroatoms. The number of fused-ring (bicyclic) bond motifs is 1. The smallest absolute Gasteiger partial charge is 0.203 e. The Kier molecular flexibility index (Phi) is 3.14. The molecule has 1 N–H and O–H groups in total. The summed E-state index contributed by atoms with van der Waals surface area (Å²) in [5, 5.41) is 11.8.